The van der Waals surface area contributed by atoms with Gasteiger partial charge < -0.3 is 9.84 Å². The van der Waals surface area contributed by atoms with Crippen molar-refractivity contribution in [2.75, 3.05) is 13.2 Å². The van der Waals surface area contributed by atoms with E-state index < -0.39 is 18.1 Å². The van der Waals surface area contributed by atoms with E-state index in [-0.39, 0.29) is 0 Å². The fraction of sp³-hybridized carbons (Fsp3) is 0.818. The molecule has 0 radical (unpaired) electrons. The molecule has 1 atom stereocenters. The number of likely N-dealkylation sites (tertiary alicyclic amines) is 1. The van der Waals surface area contributed by atoms with Crippen LogP contribution in [-0.2, 0) is 9.53 Å². The monoisotopic (exact) mass is 229 g/mol. The van der Waals surface area contributed by atoms with Crippen LogP contribution < -0.4 is 0 Å². The van der Waals surface area contributed by atoms with Crippen LogP contribution in [0.5, 0.6) is 0 Å². The molecule has 0 saturated carbocycles. The number of carbonyl (C=O) groups is 2. The maximum Gasteiger partial charge on any atom is 0.410 e. The molecule has 0 aromatic carbocycles. The lowest BCUT2D eigenvalue weighted by molar-refractivity contribution is -0.143. The molecule has 0 bridgehead atoms. The largest absolute Gasteiger partial charge is 0.480 e. The molecule has 1 N–H and O–H groups in total. The van der Waals surface area contributed by atoms with Crippen LogP contribution in [0.2, 0.25) is 0 Å². The van der Waals surface area contributed by atoms with E-state index in [1.165, 1.54) is 4.90 Å². The number of hydrogen-bond donors (Lipinski definition) is 1. The van der Waals surface area contributed by atoms with Crippen LogP contribution in [0.3, 0.4) is 0 Å². The fourth-order valence-corrected chi connectivity index (χ4v) is 1.79. The van der Waals surface area contributed by atoms with Crippen molar-refractivity contribution in [3.05, 3.63) is 0 Å². The first-order chi connectivity index (χ1) is 7.66. The minimum Gasteiger partial charge on any atom is -0.480 e. The maximum atomic E-state index is 11.6. The van der Waals surface area contributed by atoms with Crippen molar-refractivity contribution in [2.45, 2.75) is 45.1 Å². The molecule has 1 aliphatic rings. The van der Waals surface area contributed by atoms with Gasteiger partial charge in [-0.05, 0) is 25.7 Å². The standard InChI is InChI=1S/C11H19NO4/c1-2-3-8-16-11(15)12-7-5-4-6-9(12)10(13)14/h9H,2-8H2,1H3,(H,13,14)/t9-/m0/s1. The van der Waals surface area contributed by atoms with Gasteiger partial charge in [0, 0.05) is 6.54 Å². The van der Waals surface area contributed by atoms with Gasteiger partial charge in [0.15, 0.2) is 0 Å². The summed E-state index contributed by atoms with van der Waals surface area (Å²) in [6, 6.07) is -0.706. The second-order valence-corrected chi connectivity index (χ2v) is 4.01. The summed E-state index contributed by atoms with van der Waals surface area (Å²) in [5, 5.41) is 8.98. The van der Waals surface area contributed by atoms with E-state index in [0.29, 0.717) is 19.6 Å². The third kappa shape index (κ3) is 3.40. The Kier molecular flexibility index (Phi) is 5.08. The van der Waals surface area contributed by atoms with Gasteiger partial charge >= 0.3 is 12.1 Å². The molecule has 1 aliphatic heterocycles. The number of carbonyl (C=O) groups excluding carboxylic acids is 1. The first kappa shape index (κ1) is 12.8. The summed E-state index contributed by atoms with van der Waals surface area (Å²) in [6.07, 6.45) is 3.52. The molecule has 1 fully saturated rings. The Hall–Kier alpha value is -1.26. The van der Waals surface area contributed by atoms with Crippen molar-refractivity contribution in [1.29, 1.82) is 0 Å². The molecule has 1 heterocycles. The van der Waals surface area contributed by atoms with Gasteiger partial charge in [-0.3, -0.25) is 4.90 Å². The van der Waals surface area contributed by atoms with Crippen LogP contribution in [0.15, 0.2) is 0 Å². The number of aliphatic carboxylic acids is 1. The highest BCUT2D eigenvalue weighted by Gasteiger charge is 2.32. The van der Waals surface area contributed by atoms with Gasteiger partial charge in [0.1, 0.15) is 6.04 Å². The maximum absolute atomic E-state index is 11.6. The van der Waals surface area contributed by atoms with Gasteiger partial charge in [-0.15, -0.1) is 0 Å². The van der Waals surface area contributed by atoms with E-state index in [2.05, 4.69) is 0 Å². The molecule has 1 amide bonds. The summed E-state index contributed by atoms with van der Waals surface area (Å²) < 4.78 is 5.03. The van der Waals surface area contributed by atoms with Crippen molar-refractivity contribution in [2.24, 2.45) is 0 Å². The van der Waals surface area contributed by atoms with Gasteiger partial charge in [0.05, 0.1) is 6.61 Å². The van der Waals surface area contributed by atoms with Gasteiger partial charge in [-0.1, -0.05) is 13.3 Å². The number of carboxylic acid groups (broad SMARTS) is 1. The van der Waals surface area contributed by atoms with E-state index in [1.807, 2.05) is 6.92 Å². The molecule has 0 unspecified atom stereocenters. The second kappa shape index (κ2) is 6.35. The lowest BCUT2D eigenvalue weighted by Crippen LogP contribution is -2.48. The van der Waals surface area contributed by atoms with Gasteiger partial charge in [-0.25, -0.2) is 9.59 Å². The SMILES string of the molecule is CCCCOC(=O)N1CCCC[C@H]1C(=O)O. The lowest BCUT2D eigenvalue weighted by atomic mass is 10.0. The summed E-state index contributed by atoms with van der Waals surface area (Å²) >= 11 is 0. The Morgan fingerprint density at radius 2 is 2.19 bits per heavy atom. The molecule has 1 rings (SSSR count). The van der Waals surface area contributed by atoms with Crippen molar-refractivity contribution in [1.82, 2.24) is 4.90 Å². The van der Waals surface area contributed by atoms with Crippen molar-refractivity contribution in [3.8, 4) is 0 Å². The van der Waals surface area contributed by atoms with E-state index in [0.717, 1.165) is 25.7 Å². The van der Waals surface area contributed by atoms with Crippen LogP contribution >= 0.6 is 0 Å². The summed E-state index contributed by atoms with van der Waals surface area (Å²) in [5.74, 6) is -0.938. The second-order valence-electron chi connectivity index (χ2n) is 4.01. The zero-order valence-corrected chi connectivity index (χ0v) is 9.65. The summed E-state index contributed by atoms with van der Waals surface area (Å²) in [6.45, 7) is 2.87. The topological polar surface area (TPSA) is 66.8 Å². The van der Waals surface area contributed by atoms with E-state index in [1.54, 1.807) is 0 Å². The van der Waals surface area contributed by atoms with Crippen molar-refractivity contribution >= 4 is 12.1 Å². The number of ether oxygens (including phenoxy) is 1. The van der Waals surface area contributed by atoms with E-state index in [9.17, 15) is 9.59 Å². The molecule has 16 heavy (non-hydrogen) atoms. The zero-order valence-electron chi connectivity index (χ0n) is 9.65. The van der Waals surface area contributed by atoms with Gasteiger partial charge in [0.2, 0.25) is 0 Å². The number of piperidine rings is 1. The number of hydrogen-bond acceptors (Lipinski definition) is 3. The quantitative estimate of drug-likeness (QED) is 0.747. The third-order valence-corrected chi connectivity index (χ3v) is 2.75. The first-order valence-electron chi connectivity index (χ1n) is 5.83. The Bertz CT molecular complexity index is 254. The number of rotatable bonds is 4. The molecular formula is C11H19NO4. The third-order valence-electron chi connectivity index (χ3n) is 2.75. The molecule has 5 nitrogen and oxygen atoms in total. The highest BCUT2D eigenvalue weighted by molar-refractivity contribution is 5.80. The number of amides is 1. The molecule has 92 valence electrons. The first-order valence-corrected chi connectivity index (χ1v) is 5.83. The summed E-state index contributed by atoms with van der Waals surface area (Å²) in [4.78, 5) is 23.9. The Labute approximate surface area is 95.4 Å². The lowest BCUT2D eigenvalue weighted by Gasteiger charge is -2.31. The van der Waals surface area contributed by atoms with Gasteiger partial charge in [-0.2, -0.15) is 0 Å². The Morgan fingerprint density at radius 3 is 2.81 bits per heavy atom. The van der Waals surface area contributed by atoms with Crippen molar-refractivity contribution in [3.63, 3.8) is 0 Å². The average Bonchev–Trinajstić information content (AvgIpc) is 2.29. The average molecular weight is 229 g/mol. The van der Waals surface area contributed by atoms with Crippen LogP contribution in [0, 0.1) is 0 Å². The highest BCUT2D eigenvalue weighted by Crippen LogP contribution is 2.18. The smallest absolute Gasteiger partial charge is 0.410 e. The molecule has 0 spiro atoms. The fourth-order valence-electron chi connectivity index (χ4n) is 1.79. The van der Waals surface area contributed by atoms with Crippen LogP contribution in [0.25, 0.3) is 0 Å². The van der Waals surface area contributed by atoms with E-state index >= 15 is 0 Å². The molecular weight excluding hydrogens is 210 g/mol. The highest BCUT2D eigenvalue weighted by atomic mass is 16.6. The number of unbranched alkanes of at least 4 members (excludes halogenated alkanes) is 1. The summed E-state index contributed by atoms with van der Waals surface area (Å²) in [5.41, 5.74) is 0. The normalized spacial score (nSPS) is 20.6. The minimum absolute atomic E-state index is 0.373. The molecule has 0 aromatic heterocycles. The molecule has 0 aromatic rings. The zero-order chi connectivity index (χ0) is 12.0. The predicted octanol–water partition coefficient (Wildman–Crippen LogP) is 1.86. The van der Waals surface area contributed by atoms with Crippen LogP contribution in [0.4, 0.5) is 4.79 Å². The molecule has 0 aliphatic carbocycles. The van der Waals surface area contributed by atoms with Gasteiger partial charge in [0.25, 0.3) is 0 Å². The summed E-state index contributed by atoms with van der Waals surface area (Å²) in [7, 11) is 0. The Morgan fingerprint density at radius 1 is 1.44 bits per heavy atom. The van der Waals surface area contributed by atoms with E-state index in [4.69, 9.17) is 9.84 Å². The molecule has 5 heteroatoms. The number of carboxylic acids is 1. The Balaban J connectivity index is 2.47. The predicted molar refractivity (Wildman–Crippen MR) is 58.2 cm³/mol. The minimum atomic E-state index is -0.938. The van der Waals surface area contributed by atoms with Crippen LogP contribution in [-0.4, -0.2) is 41.3 Å². The molecule has 1 saturated heterocycles. The number of nitrogens with zero attached hydrogens (tertiary/aromatic N) is 1. The van der Waals surface area contributed by atoms with Crippen LogP contribution in [0.1, 0.15) is 39.0 Å². The van der Waals surface area contributed by atoms with Crippen molar-refractivity contribution < 1.29 is 19.4 Å².